The molecule has 0 bridgehead atoms. The lowest BCUT2D eigenvalue weighted by Crippen LogP contribution is -2.39. The highest BCUT2D eigenvalue weighted by Crippen LogP contribution is 2.23. The molecule has 0 saturated heterocycles. The van der Waals surface area contributed by atoms with Gasteiger partial charge in [0, 0.05) is 19.1 Å². The molecule has 0 spiro atoms. The SMILES string of the molecule is CCCN(CC)CCNC1CCCC(C)C1. The van der Waals surface area contributed by atoms with Gasteiger partial charge in [0.1, 0.15) is 0 Å². The van der Waals surface area contributed by atoms with Crippen molar-refractivity contribution in [2.75, 3.05) is 26.2 Å². The monoisotopic (exact) mass is 226 g/mol. The normalized spacial score (nSPS) is 26.2. The molecule has 1 saturated carbocycles. The van der Waals surface area contributed by atoms with Crippen molar-refractivity contribution in [1.82, 2.24) is 10.2 Å². The van der Waals surface area contributed by atoms with Crippen LogP contribution in [0.25, 0.3) is 0 Å². The summed E-state index contributed by atoms with van der Waals surface area (Å²) < 4.78 is 0. The molecule has 1 rings (SSSR count). The van der Waals surface area contributed by atoms with E-state index >= 15 is 0 Å². The fourth-order valence-electron chi connectivity index (χ4n) is 2.79. The van der Waals surface area contributed by atoms with Crippen LogP contribution in [0.1, 0.15) is 52.9 Å². The molecule has 2 heteroatoms. The van der Waals surface area contributed by atoms with Crippen LogP contribution in [0, 0.1) is 5.92 Å². The zero-order chi connectivity index (χ0) is 11.8. The van der Waals surface area contributed by atoms with Crippen molar-refractivity contribution in [3.63, 3.8) is 0 Å². The summed E-state index contributed by atoms with van der Waals surface area (Å²) in [6.07, 6.45) is 6.92. The fraction of sp³-hybridized carbons (Fsp3) is 1.00. The van der Waals surface area contributed by atoms with Crippen molar-refractivity contribution < 1.29 is 0 Å². The zero-order valence-electron chi connectivity index (χ0n) is 11.5. The summed E-state index contributed by atoms with van der Waals surface area (Å²) in [6, 6.07) is 0.795. The van der Waals surface area contributed by atoms with Gasteiger partial charge in [-0.2, -0.15) is 0 Å². The van der Waals surface area contributed by atoms with Crippen LogP contribution in [0.4, 0.5) is 0 Å². The lowest BCUT2D eigenvalue weighted by atomic mass is 9.87. The smallest absolute Gasteiger partial charge is 0.0107 e. The second-order valence-corrected chi connectivity index (χ2v) is 5.36. The molecule has 1 fully saturated rings. The van der Waals surface area contributed by atoms with Gasteiger partial charge in [-0.25, -0.2) is 0 Å². The van der Waals surface area contributed by atoms with Crippen molar-refractivity contribution in [1.29, 1.82) is 0 Å². The molecule has 16 heavy (non-hydrogen) atoms. The van der Waals surface area contributed by atoms with Crippen molar-refractivity contribution in [3.8, 4) is 0 Å². The summed E-state index contributed by atoms with van der Waals surface area (Å²) in [6.45, 7) is 11.7. The first kappa shape index (κ1) is 14.0. The van der Waals surface area contributed by atoms with Gasteiger partial charge < -0.3 is 10.2 Å². The highest BCUT2D eigenvalue weighted by molar-refractivity contribution is 4.76. The van der Waals surface area contributed by atoms with E-state index < -0.39 is 0 Å². The largest absolute Gasteiger partial charge is 0.313 e. The van der Waals surface area contributed by atoms with E-state index in [1.54, 1.807) is 0 Å². The molecule has 2 atom stereocenters. The van der Waals surface area contributed by atoms with Crippen LogP contribution in [-0.2, 0) is 0 Å². The van der Waals surface area contributed by atoms with Crippen molar-refractivity contribution >= 4 is 0 Å². The Hall–Kier alpha value is -0.0800. The molecule has 1 aliphatic carbocycles. The van der Waals surface area contributed by atoms with Crippen LogP contribution in [-0.4, -0.2) is 37.1 Å². The Balaban J connectivity index is 2.09. The van der Waals surface area contributed by atoms with Crippen LogP contribution in [0.2, 0.25) is 0 Å². The lowest BCUT2D eigenvalue weighted by Gasteiger charge is -2.28. The highest BCUT2D eigenvalue weighted by atomic mass is 15.1. The Labute approximate surface area is 102 Å². The van der Waals surface area contributed by atoms with Gasteiger partial charge in [0.15, 0.2) is 0 Å². The maximum atomic E-state index is 3.73. The minimum Gasteiger partial charge on any atom is -0.313 e. The first-order chi connectivity index (χ1) is 7.76. The molecule has 1 aliphatic rings. The topological polar surface area (TPSA) is 15.3 Å². The quantitative estimate of drug-likeness (QED) is 0.718. The highest BCUT2D eigenvalue weighted by Gasteiger charge is 2.17. The minimum absolute atomic E-state index is 0.795. The van der Waals surface area contributed by atoms with Crippen LogP contribution >= 0.6 is 0 Å². The van der Waals surface area contributed by atoms with E-state index in [1.807, 2.05) is 0 Å². The summed E-state index contributed by atoms with van der Waals surface area (Å²) in [5, 5.41) is 3.73. The molecule has 0 aromatic rings. The summed E-state index contributed by atoms with van der Waals surface area (Å²) >= 11 is 0. The molecule has 0 radical (unpaired) electrons. The Bertz CT molecular complexity index is 170. The van der Waals surface area contributed by atoms with E-state index in [0.29, 0.717) is 0 Å². The average molecular weight is 226 g/mol. The van der Waals surface area contributed by atoms with E-state index in [-0.39, 0.29) is 0 Å². The van der Waals surface area contributed by atoms with Crippen LogP contribution in [0.3, 0.4) is 0 Å². The number of rotatable bonds is 7. The van der Waals surface area contributed by atoms with Crippen molar-refractivity contribution in [2.24, 2.45) is 5.92 Å². The van der Waals surface area contributed by atoms with Crippen LogP contribution in [0.5, 0.6) is 0 Å². The van der Waals surface area contributed by atoms with Crippen molar-refractivity contribution in [2.45, 2.75) is 58.9 Å². The van der Waals surface area contributed by atoms with Crippen LogP contribution < -0.4 is 5.32 Å². The molecular formula is C14H30N2. The van der Waals surface area contributed by atoms with E-state index in [4.69, 9.17) is 0 Å². The number of hydrogen-bond acceptors (Lipinski definition) is 2. The van der Waals surface area contributed by atoms with E-state index in [2.05, 4.69) is 31.0 Å². The van der Waals surface area contributed by atoms with Crippen molar-refractivity contribution in [3.05, 3.63) is 0 Å². The molecule has 0 aliphatic heterocycles. The Morgan fingerprint density at radius 1 is 1.19 bits per heavy atom. The first-order valence-corrected chi connectivity index (χ1v) is 7.22. The molecule has 0 aromatic carbocycles. The summed E-state index contributed by atoms with van der Waals surface area (Å²) in [4.78, 5) is 2.54. The Morgan fingerprint density at radius 3 is 2.62 bits per heavy atom. The van der Waals surface area contributed by atoms with E-state index in [9.17, 15) is 0 Å². The Morgan fingerprint density at radius 2 is 2.00 bits per heavy atom. The van der Waals surface area contributed by atoms with Gasteiger partial charge in [-0.1, -0.05) is 33.6 Å². The van der Waals surface area contributed by atoms with Gasteiger partial charge in [-0.15, -0.1) is 0 Å². The van der Waals surface area contributed by atoms with Gasteiger partial charge in [-0.05, 0) is 38.3 Å². The predicted molar refractivity (Wildman–Crippen MR) is 71.8 cm³/mol. The van der Waals surface area contributed by atoms with Gasteiger partial charge in [0.2, 0.25) is 0 Å². The number of likely N-dealkylation sites (N-methyl/N-ethyl adjacent to an activating group) is 1. The molecular weight excluding hydrogens is 196 g/mol. The molecule has 2 unspecified atom stereocenters. The maximum Gasteiger partial charge on any atom is 0.0107 e. The maximum absolute atomic E-state index is 3.73. The Kier molecular flexibility index (Phi) is 7.06. The van der Waals surface area contributed by atoms with E-state index in [0.717, 1.165) is 12.0 Å². The second-order valence-electron chi connectivity index (χ2n) is 5.36. The van der Waals surface area contributed by atoms with Crippen LogP contribution in [0.15, 0.2) is 0 Å². The zero-order valence-corrected chi connectivity index (χ0v) is 11.5. The molecule has 0 amide bonds. The molecule has 0 heterocycles. The van der Waals surface area contributed by atoms with Gasteiger partial charge in [0.25, 0.3) is 0 Å². The second kappa shape index (κ2) is 8.08. The fourth-order valence-corrected chi connectivity index (χ4v) is 2.79. The van der Waals surface area contributed by atoms with Gasteiger partial charge in [0.05, 0.1) is 0 Å². The molecule has 96 valence electrons. The predicted octanol–water partition coefficient (Wildman–Crippen LogP) is 2.89. The lowest BCUT2D eigenvalue weighted by molar-refractivity contribution is 0.259. The van der Waals surface area contributed by atoms with E-state index in [1.165, 1.54) is 58.3 Å². The third kappa shape index (κ3) is 5.31. The average Bonchev–Trinajstić information content (AvgIpc) is 2.28. The third-order valence-corrected chi connectivity index (χ3v) is 3.78. The minimum atomic E-state index is 0.795. The number of nitrogens with one attached hydrogen (secondary N) is 1. The molecule has 2 nitrogen and oxygen atoms in total. The number of nitrogens with zero attached hydrogens (tertiary/aromatic N) is 1. The first-order valence-electron chi connectivity index (χ1n) is 7.22. The van der Waals surface area contributed by atoms with Gasteiger partial charge >= 0.3 is 0 Å². The van der Waals surface area contributed by atoms with Gasteiger partial charge in [-0.3, -0.25) is 0 Å². The molecule has 1 N–H and O–H groups in total. The summed E-state index contributed by atoms with van der Waals surface area (Å²) in [7, 11) is 0. The number of hydrogen-bond donors (Lipinski definition) is 1. The summed E-state index contributed by atoms with van der Waals surface area (Å²) in [5.41, 5.74) is 0. The summed E-state index contributed by atoms with van der Waals surface area (Å²) in [5.74, 6) is 0.934. The third-order valence-electron chi connectivity index (χ3n) is 3.78. The standard InChI is InChI=1S/C14H30N2/c1-4-10-16(5-2)11-9-15-14-8-6-7-13(3)12-14/h13-15H,4-12H2,1-3H3. The molecule has 0 aromatic heterocycles.